The minimum Gasteiger partial charge on any atom is -0.397 e. The van der Waals surface area contributed by atoms with E-state index in [2.05, 4.69) is 5.32 Å². The largest absolute Gasteiger partial charge is 0.397 e. The van der Waals surface area contributed by atoms with E-state index in [1.165, 1.54) is 23.5 Å². The van der Waals surface area contributed by atoms with Gasteiger partial charge in [-0.15, -0.1) is 11.3 Å². The van der Waals surface area contributed by atoms with E-state index >= 15 is 0 Å². The molecule has 0 aliphatic rings. The molecule has 0 unspecified atom stereocenters. The molecule has 1 heterocycles. The predicted octanol–water partition coefficient (Wildman–Crippen LogP) is 3.15. The number of halogens is 1. The van der Waals surface area contributed by atoms with E-state index in [0.717, 1.165) is 4.70 Å². The van der Waals surface area contributed by atoms with Crippen molar-refractivity contribution in [1.29, 1.82) is 0 Å². The molecular weight excluding hydrogens is 251 g/mol. The summed E-state index contributed by atoms with van der Waals surface area (Å²) in [5.41, 5.74) is 5.93. The smallest absolute Gasteiger partial charge is 0.263 e. The average Bonchev–Trinajstić information content (AvgIpc) is 2.54. The maximum Gasteiger partial charge on any atom is 0.263 e. The van der Waals surface area contributed by atoms with E-state index in [0.29, 0.717) is 16.0 Å². The summed E-state index contributed by atoms with van der Waals surface area (Å²) in [5.74, 6) is -0.573. The molecule has 96 valence electrons. The summed E-state index contributed by atoms with van der Waals surface area (Å²) in [6, 6.07) is 4.36. The highest BCUT2D eigenvalue weighted by molar-refractivity contribution is 7.21. The minimum absolute atomic E-state index is 0.221. The molecular formula is C13H15FN2OS. The first-order chi connectivity index (χ1) is 8.28. The Labute approximate surface area is 109 Å². The molecule has 3 nitrogen and oxygen atoms in total. The summed E-state index contributed by atoms with van der Waals surface area (Å²) >= 11 is 1.28. The first-order valence-corrected chi connectivity index (χ1v) is 6.39. The number of nitrogen functional groups attached to an aromatic ring is 1. The lowest BCUT2D eigenvalue weighted by Crippen LogP contribution is -2.40. The normalized spacial score (nSPS) is 11.8. The number of thiophene rings is 1. The Bertz CT molecular complexity index is 613. The van der Waals surface area contributed by atoms with Crippen molar-refractivity contribution in [3.8, 4) is 0 Å². The fourth-order valence-electron chi connectivity index (χ4n) is 1.65. The number of rotatable bonds is 1. The van der Waals surface area contributed by atoms with Crippen LogP contribution in [-0.2, 0) is 0 Å². The van der Waals surface area contributed by atoms with E-state index < -0.39 is 0 Å². The Morgan fingerprint density at radius 2 is 2.06 bits per heavy atom. The Morgan fingerprint density at radius 3 is 2.67 bits per heavy atom. The molecule has 0 spiro atoms. The van der Waals surface area contributed by atoms with Gasteiger partial charge in [0.15, 0.2) is 0 Å². The van der Waals surface area contributed by atoms with Gasteiger partial charge in [0.05, 0.1) is 5.69 Å². The van der Waals surface area contributed by atoms with E-state index in [1.807, 2.05) is 20.8 Å². The van der Waals surface area contributed by atoms with Crippen molar-refractivity contribution in [1.82, 2.24) is 5.32 Å². The summed E-state index contributed by atoms with van der Waals surface area (Å²) in [5, 5.41) is 3.45. The zero-order valence-corrected chi connectivity index (χ0v) is 11.3. The maximum absolute atomic E-state index is 13.1. The zero-order chi connectivity index (χ0) is 13.5. The van der Waals surface area contributed by atoms with Crippen LogP contribution in [0.1, 0.15) is 30.4 Å². The highest BCUT2D eigenvalue weighted by Gasteiger charge is 2.20. The first kappa shape index (κ1) is 12.8. The van der Waals surface area contributed by atoms with Crippen LogP contribution in [0.25, 0.3) is 10.1 Å². The summed E-state index contributed by atoms with van der Waals surface area (Å²) in [7, 11) is 0. The number of fused-ring (bicyclic) bond motifs is 1. The molecule has 2 aromatic rings. The minimum atomic E-state index is -0.352. The molecule has 0 saturated carbocycles. The van der Waals surface area contributed by atoms with Crippen LogP contribution < -0.4 is 11.1 Å². The Morgan fingerprint density at radius 1 is 1.39 bits per heavy atom. The third kappa shape index (κ3) is 2.46. The number of carbonyl (C=O) groups is 1. The number of benzene rings is 1. The lowest BCUT2D eigenvalue weighted by atomic mass is 10.1. The molecule has 0 bridgehead atoms. The Balaban J connectivity index is 2.46. The highest BCUT2D eigenvalue weighted by Crippen LogP contribution is 2.34. The second-order valence-corrected chi connectivity index (χ2v) is 6.24. The van der Waals surface area contributed by atoms with Gasteiger partial charge in [-0.3, -0.25) is 4.79 Å². The zero-order valence-electron chi connectivity index (χ0n) is 10.5. The van der Waals surface area contributed by atoms with Crippen molar-refractivity contribution in [2.45, 2.75) is 26.3 Å². The monoisotopic (exact) mass is 266 g/mol. The van der Waals surface area contributed by atoms with Crippen molar-refractivity contribution < 1.29 is 9.18 Å². The molecule has 0 fully saturated rings. The number of anilines is 1. The average molecular weight is 266 g/mol. The SMILES string of the molecule is CC(C)(C)NC(=O)c1sc2ccc(F)cc2c1N. The van der Waals surface area contributed by atoms with E-state index in [1.54, 1.807) is 6.07 Å². The molecule has 1 amide bonds. The quantitative estimate of drug-likeness (QED) is 0.833. The molecule has 0 radical (unpaired) electrons. The van der Waals surface area contributed by atoms with E-state index in [4.69, 9.17) is 5.73 Å². The van der Waals surface area contributed by atoms with Crippen molar-refractivity contribution in [3.05, 3.63) is 28.9 Å². The van der Waals surface area contributed by atoms with Crippen LogP contribution in [0.4, 0.5) is 10.1 Å². The van der Waals surface area contributed by atoms with Crippen molar-refractivity contribution in [2.75, 3.05) is 5.73 Å². The second kappa shape index (κ2) is 4.24. The Kier molecular flexibility index (Phi) is 3.02. The standard InChI is InChI=1S/C13H15FN2OS/c1-13(2,3)16-12(17)11-10(15)8-6-7(14)4-5-9(8)18-11/h4-6H,15H2,1-3H3,(H,16,17). The Hall–Kier alpha value is -1.62. The number of hydrogen-bond acceptors (Lipinski definition) is 3. The molecule has 3 N–H and O–H groups in total. The molecule has 0 saturated heterocycles. The molecule has 0 atom stereocenters. The van der Waals surface area contributed by atoms with Gasteiger partial charge in [0.25, 0.3) is 5.91 Å². The van der Waals surface area contributed by atoms with Crippen LogP contribution in [0.15, 0.2) is 18.2 Å². The summed E-state index contributed by atoms with van der Waals surface area (Å²) in [6.45, 7) is 5.69. The fourth-order valence-corrected chi connectivity index (χ4v) is 2.65. The first-order valence-electron chi connectivity index (χ1n) is 5.58. The van der Waals surface area contributed by atoms with Gasteiger partial charge in [0.2, 0.25) is 0 Å². The molecule has 1 aromatic heterocycles. The molecule has 0 aliphatic carbocycles. The van der Waals surface area contributed by atoms with Gasteiger partial charge in [0, 0.05) is 15.6 Å². The van der Waals surface area contributed by atoms with Gasteiger partial charge < -0.3 is 11.1 Å². The van der Waals surface area contributed by atoms with Crippen molar-refractivity contribution in [3.63, 3.8) is 0 Å². The van der Waals surface area contributed by atoms with E-state index in [9.17, 15) is 9.18 Å². The molecule has 5 heteroatoms. The molecule has 1 aromatic carbocycles. The van der Waals surface area contributed by atoms with Crippen LogP contribution in [0.3, 0.4) is 0 Å². The second-order valence-electron chi connectivity index (χ2n) is 5.19. The van der Waals surface area contributed by atoms with Gasteiger partial charge in [-0.05, 0) is 39.0 Å². The number of nitrogens with two attached hydrogens (primary N) is 1. The third-order valence-electron chi connectivity index (χ3n) is 2.38. The van der Waals surface area contributed by atoms with Gasteiger partial charge >= 0.3 is 0 Å². The molecule has 0 aliphatic heterocycles. The number of carbonyl (C=O) groups excluding carboxylic acids is 1. The molecule has 18 heavy (non-hydrogen) atoms. The topological polar surface area (TPSA) is 55.1 Å². The van der Waals surface area contributed by atoms with Crippen molar-refractivity contribution in [2.24, 2.45) is 0 Å². The summed E-state index contributed by atoms with van der Waals surface area (Å²) in [4.78, 5) is 12.5. The van der Waals surface area contributed by atoms with Gasteiger partial charge in [0.1, 0.15) is 10.7 Å². The number of amides is 1. The number of hydrogen-bond donors (Lipinski definition) is 2. The van der Waals surface area contributed by atoms with Crippen LogP contribution in [0.2, 0.25) is 0 Å². The van der Waals surface area contributed by atoms with Crippen molar-refractivity contribution >= 4 is 33.0 Å². The van der Waals surface area contributed by atoms with Crippen LogP contribution >= 0.6 is 11.3 Å². The summed E-state index contributed by atoms with van der Waals surface area (Å²) < 4.78 is 14.0. The lowest BCUT2D eigenvalue weighted by molar-refractivity contribution is 0.0924. The molecule has 2 rings (SSSR count). The summed E-state index contributed by atoms with van der Waals surface area (Å²) in [6.07, 6.45) is 0. The van der Waals surface area contributed by atoms with Gasteiger partial charge in [-0.2, -0.15) is 0 Å². The third-order valence-corrected chi connectivity index (χ3v) is 3.57. The fraction of sp³-hybridized carbons (Fsp3) is 0.308. The predicted molar refractivity (Wildman–Crippen MR) is 73.4 cm³/mol. The lowest BCUT2D eigenvalue weighted by Gasteiger charge is -2.20. The maximum atomic E-state index is 13.1. The van der Waals surface area contributed by atoms with E-state index in [-0.39, 0.29) is 17.3 Å². The van der Waals surface area contributed by atoms with Crippen LogP contribution in [-0.4, -0.2) is 11.4 Å². The van der Waals surface area contributed by atoms with Gasteiger partial charge in [-0.1, -0.05) is 0 Å². The van der Waals surface area contributed by atoms with Crippen LogP contribution in [0.5, 0.6) is 0 Å². The number of nitrogens with one attached hydrogen (secondary N) is 1. The highest BCUT2D eigenvalue weighted by atomic mass is 32.1. The van der Waals surface area contributed by atoms with Gasteiger partial charge in [-0.25, -0.2) is 4.39 Å². The van der Waals surface area contributed by atoms with Crippen LogP contribution in [0, 0.1) is 5.82 Å².